The third-order valence-electron chi connectivity index (χ3n) is 2.31. The molecule has 1 aromatic carbocycles. The monoisotopic (exact) mass is 245 g/mol. The quantitative estimate of drug-likeness (QED) is 0.801. The Hall–Kier alpha value is -2.63. The molecule has 0 aliphatic carbocycles. The number of carbonyl (C=O) groups excluding carboxylic acids is 2. The Morgan fingerprint density at radius 1 is 1.22 bits per heavy atom. The van der Waals surface area contributed by atoms with Gasteiger partial charge >= 0.3 is 5.97 Å². The predicted octanol–water partition coefficient (Wildman–Crippen LogP) is 1.45. The minimum atomic E-state index is -0.415. The van der Waals surface area contributed by atoms with Gasteiger partial charge in [0, 0.05) is 11.9 Å². The van der Waals surface area contributed by atoms with Gasteiger partial charge in [0.25, 0.3) is 5.91 Å². The van der Waals surface area contributed by atoms with Crippen molar-refractivity contribution in [3.63, 3.8) is 0 Å². The van der Waals surface area contributed by atoms with E-state index in [1.54, 1.807) is 30.3 Å². The van der Waals surface area contributed by atoms with Crippen molar-refractivity contribution in [3.8, 4) is 0 Å². The summed E-state index contributed by atoms with van der Waals surface area (Å²) in [6.45, 7) is 0. The second-order valence-electron chi connectivity index (χ2n) is 3.49. The third kappa shape index (κ3) is 2.54. The summed E-state index contributed by atoms with van der Waals surface area (Å²) in [5, 5.41) is 8.91. The van der Waals surface area contributed by atoms with E-state index in [1.807, 2.05) is 0 Å². The number of aromatic nitrogens is 2. The predicted molar refractivity (Wildman–Crippen MR) is 64.3 cm³/mol. The fraction of sp³-hybridized carbons (Fsp3) is 0.0833. The molecule has 92 valence electrons. The zero-order valence-corrected chi connectivity index (χ0v) is 9.64. The molecule has 0 bridgehead atoms. The van der Waals surface area contributed by atoms with Crippen LogP contribution in [-0.2, 0) is 4.74 Å². The van der Waals surface area contributed by atoms with E-state index in [0.717, 1.165) is 0 Å². The van der Waals surface area contributed by atoms with Crippen LogP contribution in [0.3, 0.4) is 0 Å². The van der Waals surface area contributed by atoms with Crippen molar-refractivity contribution in [2.75, 3.05) is 12.4 Å². The second kappa shape index (κ2) is 5.13. The first-order valence-electron chi connectivity index (χ1n) is 5.20. The van der Waals surface area contributed by atoms with E-state index >= 15 is 0 Å². The standard InChI is InChI=1S/C12H11N3O3/c1-18-12(17)8-2-4-9(5-3-8)14-11(16)10-6-7-13-15-10/h2-7H,1H3,(H,13,15)(H,14,16). The van der Waals surface area contributed by atoms with E-state index in [4.69, 9.17) is 0 Å². The SMILES string of the molecule is COC(=O)c1ccc(NC(=O)c2ccn[nH]2)cc1. The van der Waals surface area contributed by atoms with Crippen molar-refractivity contribution in [2.24, 2.45) is 0 Å². The molecule has 0 aliphatic rings. The molecule has 0 fully saturated rings. The van der Waals surface area contributed by atoms with E-state index in [-0.39, 0.29) is 5.91 Å². The molecule has 2 N–H and O–H groups in total. The number of esters is 1. The molecule has 6 heteroatoms. The number of H-pyrrole nitrogens is 1. The average Bonchev–Trinajstić information content (AvgIpc) is 2.92. The maximum atomic E-state index is 11.7. The Morgan fingerprint density at radius 2 is 1.94 bits per heavy atom. The highest BCUT2D eigenvalue weighted by Crippen LogP contribution is 2.11. The van der Waals surface area contributed by atoms with E-state index in [9.17, 15) is 9.59 Å². The molecule has 0 spiro atoms. The summed E-state index contributed by atoms with van der Waals surface area (Å²) in [7, 11) is 1.32. The lowest BCUT2D eigenvalue weighted by Crippen LogP contribution is -2.12. The molecule has 6 nitrogen and oxygen atoms in total. The Kier molecular flexibility index (Phi) is 3.38. The van der Waals surface area contributed by atoms with Gasteiger partial charge in [-0.05, 0) is 30.3 Å². The summed E-state index contributed by atoms with van der Waals surface area (Å²) >= 11 is 0. The minimum Gasteiger partial charge on any atom is -0.465 e. The molecule has 0 aliphatic heterocycles. The molecule has 0 saturated carbocycles. The van der Waals surface area contributed by atoms with Crippen LogP contribution in [0, 0.1) is 0 Å². The van der Waals surface area contributed by atoms with Gasteiger partial charge in [0.15, 0.2) is 0 Å². The summed E-state index contributed by atoms with van der Waals surface area (Å²) in [6, 6.07) is 7.97. The van der Waals surface area contributed by atoms with Gasteiger partial charge in [-0.1, -0.05) is 0 Å². The van der Waals surface area contributed by atoms with Crippen LogP contribution in [0.25, 0.3) is 0 Å². The largest absolute Gasteiger partial charge is 0.465 e. The Bertz CT molecular complexity index is 546. The van der Waals surface area contributed by atoms with Gasteiger partial charge in [-0.2, -0.15) is 5.10 Å². The number of anilines is 1. The van der Waals surface area contributed by atoms with Gasteiger partial charge < -0.3 is 10.1 Å². The topological polar surface area (TPSA) is 84.1 Å². The number of nitrogens with zero attached hydrogens (tertiary/aromatic N) is 1. The van der Waals surface area contributed by atoms with Crippen molar-refractivity contribution in [1.82, 2.24) is 10.2 Å². The number of benzene rings is 1. The van der Waals surface area contributed by atoms with Crippen molar-refractivity contribution >= 4 is 17.6 Å². The maximum absolute atomic E-state index is 11.7. The highest BCUT2D eigenvalue weighted by molar-refractivity contribution is 6.03. The second-order valence-corrected chi connectivity index (χ2v) is 3.49. The van der Waals surface area contributed by atoms with E-state index in [1.165, 1.54) is 13.3 Å². The number of ether oxygens (including phenoxy) is 1. The van der Waals surface area contributed by atoms with E-state index in [0.29, 0.717) is 16.9 Å². The van der Waals surface area contributed by atoms with E-state index < -0.39 is 5.97 Å². The molecule has 2 rings (SSSR count). The third-order valence-corrected chi connectivity index (χ3v) is 2.31. The first kappa shape index (κ1) is 11.8. The van der Waals surface area contributed by atoms with Gasteiger partial charge in [-0.3, -0.25) is 9.89 Å². The van der Waals surface area contributed by atoms with Gasteiger partial charge in [-0.25, -0.2) is 4.79 Å². The first-order chi connectivity index (χ1) is 8.70. The summed E-state index contributed by atoms with van der Waals surface area (Å²) in [5.41, 5.74) is 1.38. The lowest BCUT2D eigenvalue weighted by atomic mass is 10.2. The highest BCUT2D eigenvalue weighted by Gasteiger charge is 2.08. The summed E-state index contributed by atoms with van der Waals surface area (Å²) in [4.78, 5) is 22.9. The lowest BCUT2D eigenvalue weighted by molar-refractivity contribution is 0.0600. The molecule has 0 atom stereocenters. The molecular formula is C12H11N3O3. The van der Waals surface area contributed by atoms with Crippen LogP contribution in [0.4, 0.5) is 5.69 Å². The fourth-order valence-corrected chi connectivity index (χ4v) is 1.39. The minimum absolute atomic E-state index is 0.293. The van der Waals surface area contributed by atoms with Crippen molar-refractivity contribution in [3.05, 3.63) is 47.8 Å². The van der Waals surface area contributed by atoms with Gasteiger partial charge in [0.2, 0.25) is 0 Å². The number of methoxy groups -OCH3 is 1. The maximum Gasteiger partial charge on any atom is 0.337 e. The molecule has 2 aromatic rings. The summed E-state index contributed by atoms with van der Waals surface area (Å²) in [6.07, 6.45) is 1.50. The Labute approximate surface area is 103 Å². The normalized spacial score (nSPS) is 9.83. The number of amides is 1. The average molecular weight is 245 g/mol. The van der Waals surface area contributed by atoms with Crippen LogP contribution in [0.15, 0.2) is 36.5 Å². The van der Waals surface area contributed by atoms with Gasteiger partial charge in [0.1, 0.15) is 5.69 Å². The molecule has 1 amide bonds. The fourth-order valence-electron chi connectivity index (χ4n) is 1.39. The number of hydrogen-bond acceptors (Lipinski definition) is 4. The number of aromatic amines is 1. The smallest absolute Gasteiger partial charge is 0.337 e. The lowest BCUT2D eigenvalue weighted by Gasteiger charge is -2.04. The van der Waals surface area contributed by atoms with Crippen LogP contribution in [0.1, 0.15) is 20.8 Å². The molecular weight excluding hydrogens is 234 g/mol. The van der Waals surface area contributed by atoms with Crippen LogP contribution < -0.4 is 5.32 Å². The van der Waals surface area contributed by atoms with Crippen molar-refractivity contribution < 1.29 is 14.3 Å². The molecule has 1 aromatic heterocycles. The molecule has 0 unspecified atom stereocenters. The molecule has 1 heterocycles. The Morgan fingerprint density at radius 3 is 2.50 bits per heavy atom. The molecule has 0 radical (unpaired) electrons. The molecule has 18 heavy (non-hydrogen) atoms. The van der Waals surface area contributed by atoms with Crippen LogP contribution in [0.5, 0.6) is 0 Å². The van der Waals surface area contributed by atoms with Gasteiger partial charge in [-0.15, -0.1) is 0 Å². The number of rotatable bonds is 3. The number of hydrogen-bond donors (Lipinski definition) is 2. The van der Waals surface area contributed by atoms with E-state index in [2.05, 4.69) is 20.3 Å². The molecule has 0 saturated heterocycles. The zero-order chi connectivity index (χ0) is 13.0. The highest BCUT2D eigenvalue weighted by atomic mass is 16.5. The summed E-state index contributed by atoms with van der Waals surface area (Å²) in [5.74, 6) is -0.709. The van der Waals surface area contributed by atoms with Crippen LogP contribution in [-0.4, -0.2) is 29.2 Å². The van der Waals surface area contributed by atoms with Crippen molar-refractivity contribution in [2.45, 2.75) is 0 Å². The first-order valence-corrected chi connectivity index (χ1v) is 5.20. The zero-order valence-electron chi connectivity index (χ0n) is 9.64. The Balaban J connectivity index is 2.07. The summed E-state index contributed by atoms with van der Waals surface area (Å²) < 4.78 is 4.58. The number of nitrogens with one attached hydrogen (secondary N) is 2. The van der Waals surface area contributed by atoms with Crippen molar-refractivity contribution in [1.29, 1.82) is 0 Å². The van der Waals surface area contributed by atoms with Gasteiger partial charge in [0.05, 0.1) is 12.7 Å². The van der Waals surface area contributed by atoms with Crippen LogP contribution in [0.2, 0.25) is 0 Å². The number of carbonyl (C=O) groups is 2. The van der Waals surface area contributed by atoms with Crippen LogP contribution >= 0.6 is 0 Å².